The second-order valence-corrected chi connectivity index (χ2v) is 5.13. The smallest absolute Gasteiger partial charge is 0.416 e. The highest BCUT2D eigenvalue weighted by molar-refractivity contribution is 6.31. The molecule has 1 aromatic heterocycles. The van der Waals surface area contributed by atoms with Crippen LogP contribution in [0.5, 0.6) is 0 Å². The first kappa shape index (κ1) is 11.6. The van der Waals surface area contributed by atoms with Crippen LogP contribution in [-0.4, -0.2) is 34.3 Å². The lowest BCUT2D eigenvalue weighted by atomic mass is 10.1. The van der Waals surface area contributed by atoms with Crippen molar-refractivity contribution in [2.45, 2.75) is 13.0 Å². The van der Waals surface area contributed by atoms with Crippen molar-refractivity contribution >= 4 is 28.6 Å². The summed E-state index contributed by atoms with van der Waals surface area (Å²) >= 11 is 6.02. The predicted molar refractivity (Wildman–Crippen MR) is 70.4 cm³/mol. The summed E-state index contributed by atoms with van der Waals surface area (Å²) in [4.78, 5) is 13.6. The van der Waals surface area contributed by atoms with E-state index in [0.29, 0.717) is 5.02 Å². The molecule has 94 valence electrons. The lowest BCUT2D eigenvalue weighted by molar-refractivity contribution is 0.195. The molecule has 0 bridgehead atoms. The lowest BCUT2D eigenvalue weighted by Gasteiger charge is -2.23. The van der Waals surface area contributed by atoms with Crippen LogP contribution in [0, 0.1) is 0 Å². The van der Waals surface area contributed by atoms with Gasteiger partial charge in [0.15, 0.2) is 0 Å². The second kappa shape index (κ2) is 4.00. The van der Waals surface area contributed by atoms with E-state index in [0.717, 1.165) is 41.7 Å². The minimum atomic E-state index is -0.923. The van der Waals surface area contributed by atoms with E-state index >= 15 is 0 Å². The molecule has 2 aromatic rings. The van der Waals surface area contributed by atoms with E-state index < -0.39 is 6.09 Å². The monoisotopic (exact) mass is 264 g/mol. The zero-order valence-corrected chi connectivity index (χ0v) is 10.7. The quantitative estimate of drug-likeness (QED) is 0.796. The fourth-order valence-electron chi connectivity index (χ4n) is 2.68. The van der Waals surface area contributed by atoms with Gasteiger partial charge in [0.2, 0.25) is 0 Å². The molecule has 2 heterocycles. The molecule has 0 atom stereocenters. The number of likely N-dealkylation sites (N-methyl/N-ethyl adjacent to an activating group) is 1. The van der Waals surface area contributed by atoms with Crippen LogP contribution in [0.15, 0.2) is 18.2 Å². The summed E-state index contributed by atoms with van der Waals surface area (Å²) in [5, 5.41) is 11.0. The Morgan fingerprint density at radius 3 is 2.94 bits per heavy atom. The third-order valence-corrected chi connectivity index (χ3v) is 3.73. The van der Waals surface area contributed by atoms with Crippen molar-refractivity contribution in [3.63, 3.8) is 0 Å². The molecule has 3 rings (SSSR count). The Hall–Kier alpha value is -1.52. The number of carbonyl (C=O) groups is 1. The van der Waals surface area contributed by atoms with Gasteiger partial charge in [0.05, 0.1) is 5.52 Å². The van der Waals surface area contributed by atoms with Crippen molar-refractivity contribution in [1.29, 1.82) is 0 Å². The molecule has 0 aliphatic carbocycles. The standard InChI is InChI=1S/C13H13ClN2O2/c1-15-5-4-12-10(7-15)9-6-8(14)2-3-11(9)16(12)13(17)18/h2-3,6H,4-5,7H2,1H3,(H,17,18). The zero-order chi connectivity index (χ0) is 12.9. The number of hydrogen-bond donors (Lipinski definition) is 1. The van der Waals surface area contributed by atoms with Crippen LogP contribution in [0.25, 0.3) is 10.9 Å². The Morgan fingerprint density at radius 1 is 1.44 bits per heavy atom. The second-order valence-electron chi connectivity index (χ2n) is 4.69. The highest BCUT2D eigenvalue weighted by Gasteiger charge is 2.24. The summed E-state index contributed by atoms with van der Waals surface area (Å²) in [6.45, 7) is 1.65. The van der Waals surface area contributed by atoms with Crippen molar-refractivity contribution in [2.75, 3.05) is 13.6 Å². The van der Waals surface area contributed by atoms with E-state index in [1.165, 1.54) is 4.57 Å². The van der Waals surface area contributed by atoms with Gasteiger partial charge >= 0.3 is 6.09 Å². The minimum absolute atomic E-state index is 0.640. The molecule has 0 unspecified atom stereocenters. The van der Waals surface area contributed by atoms with Crippen LogP contribution in [0.3, 0.4) is 0 Å². The van der Waals surface area contributed by atoms with Crippen molar-refractivity contribution in [1.82, 2.24) is 9.47 Å². The number of fused-ring (bicyclic) bond motifs is 3. The third kappa shape index (κ3) is 1.61. The van der Waals surface area contributed by atoms with Gasteiger partial charge in [-0.15, -0.1) is 0 Å². The maximum absolute atomic E-state index is 11.4. The van der Waals surface area contributed by atoms with Crippen molar-refractivity contribution < 1.29 is 9.90 Å². The summed E-state index contributed by atoms with van der Waals surface area (Å²) in [5.41, 5.74) is 2.72. The maximum Gasteiger partial charge on any atom is 0.416 e. The molecule has 1 aliphatic heterocycles. The first-order valence-electron chi connectivity index (χ1n) is 5.81. The molecule has 4 nitrogen and oxygen atoms in total. The van der Waals surface area contributed by atoms with Gasteiger partial charge in [-0.05, 0) is 30.8 Å². The van der Waals surface area contributed by atoms with E-state index in [4.69, 9.17) is 11.6 Å². The average Bonchev–Trinajstić information content (AvgIpc) is 2.62. The Kier molecular flexibility index (Phi) is 2.57. The molecule has 18 heavy (non-hydrogen) atoms. The SMILES string of the molecule is CN1CCc2c(c3cc(Cl)ccc3n2C(=O)O)C1. The van der Waals surface area contributed by atoms with Crippen LogP contribution in [0.1, 0.15) is 11.3 Å². The largest absolute Gasteiger partial charge is 0.464 e. The fourth-order valence-corrected chi connectivity index (χ4v) is 2.86. The number of benzene rings is 1. The van der Waals surface area contributed by atoms with Crippen LogP contribution in [-0.2, 0) is 13.0 Å². The number of nitrogens with zero attached hydrogens (tertiary/aromatic N) is 2. The lowest BCUT2D eigenvalue weighted by Crippen LogP contribution is -2.28. The van der Waals surface area contributed by atoms with Gasteiger partial charge in [-0.1, -0.05) is 11.6 Å². The van der Waals surface area contributed by atoms with E-state index in [1.807, 2.05) is 13.1 Å². The third-order valence-electron chi connectivity index (χ3n) is 3.49. The van der Waals surface area contributed by atoms with E-state index in [2.05, 4.69) is 4.90 Å². The highest BCUT2D eigenvalue weighted by atomic mass is 35.5. The number of aromatic nitrogens is 1. The van der Waals surface area contributed by atoms with Gasteiger partial charge in [0.1, 0.15) is 0 Å². The maximum atomic E-state index is 11.4. The average molecular weight is 265 g/mol. The molecule has 5 heteroatoms. The van der Waals surface area contributed by atoms with Crippen LogP contribution >= 0.6 is 11.6 Å². The van der Waals surface area contributed by atoms with Gasteiger partial charge in [-0.2, -0.15) is 0 Å². The van der Waals surface area contributed by atoms with Gasteiger partial charge < -0.3 is 10.0 Å². The predicted octanol–water partition coefficient (Wildman–Crippen LogP) is 2.81. The number of rotatable bonds is 0. The summed E-state index contributed by atoms with van der Waals surface area (Å²) < 4.78 is 1.40. The molecule has 0 fully saturated rings. The van der Waals surface area contributed by atoms with Crippen molar-refractivity contribution in [2.24, 2.45) is 0 Å². The molecule has 1 N–H and O–H groups in total. The molecule has 0 saturated heterocycles. The van der Waals surface area contributed by atoms with Gasteiger partial charge in [0, 0.05) is 35.6 Å². The minimum Gasteiger partial charge on any atom is -0.464 e. The normalized spacial score (nSPS) is 15.9. The topological polar surface area (TPSA) is 45.5 Å². The van der Waals surface area contributed by atoms with E-state index in [1.54, 1.807) is 12.1 Å². The molecular weight excluding hydrogens is 252 g/mol. The Balaban J connectivity index is 2.37. The molecule has 0 spiro atoms. The Morgan fingerprint density at radius 2 is 2.22 bits per heavy atom. The first-order chi connectivity index (χ1) is 8.58. The number of halogens is 1. The summed E-state index contributed by atoms with van der Waals surface area (Å²) in [7, 11) is 2.04. The van der Waals surface area contributed by atoms with E-state index in [9.17, 15) is 9.90 Å². The van der Waals surface area contributed by atoms with Gasteiger partial charge in [-0.3, -0.25) is 0 Å². The Labute approximate surface area is 109 Å². The Bertz CT molecular complexity index is 648. The highest BCUT2D eigenvalue weighted by Crippen LogP contribution is 2.32. The summed E-state index contributed by atoms with van der Waals surface area (Å²) in [5.74, 6) is 0. The first-order valence-corrected chi connectivity index (χ1v) is 6.19. The van der Waals surface area contributed by atoms with Crippen LogP contribution in [0.4, 0.5) is 4.79 Å². The van der Waals surface area contributed by atoms with E-state index in [-0.39, 0.29) is 0 Å². The van der Waals surface area contributed by atoms with Crippen molar-refractivity contribution in [3.8, 4) is 0 Å². The van der Waals surface area contributed by atoms with Crippen LogP contribution in [0.2, 0.25) is 5.02 Å². The molecule has 0 radical (unpaired) electrons. The molecular formula is C13H13ClN2O2. The summed E-state index contributed by atoms with van der Waals surface area (Å²) in [6, 6.07) is 5.37. The molecule has 0 amide bonds. The van der Waals surface area contributed by atoms with Crippen molar-refractivity contribution in [3.05, 3.63) is 34.5 Å². The zero-order valence-electron chi connectivity index (χ0n) is 9.98. The molecule has 1 aliphatic rings. The van der Waals surface area contributed by atoms with Crippen LogP contribution < -0.4 is 0 Å². The van der Waals surface area contributed by atoms with Gasteiger partial charge in [-0.25, -0.2) is 9.36 Å². The fraction of sp³-hybridized carbons (Fsp3) is 0.308. The molecule has 0 saturated carbocycles. The van der Waals surface area contributed by atoms with Gasteiger partial charge in [0.25, 0.3) is 0 Å². The summed E-state index contributed by atoms with van der Waals surface area (Å²) in [6.07, 6.45) is -0.169. The number of hydrogen-bond acceptors (Lipinski definition) is 2. The molecule has 1 aromatic carbocycles. The number of carboxylic acid groups (broad SMARTS) is 1.